The van der Waals surface area contributed by atoms with Gasteiger partial charge in [-0.05, 0) is 55.6 Å². The number of nitrogens with one attached hydrogen (secondary N) is 1. The number of hydrogen-bond acceptors (Lipinski definition) is 5. The Morgan fingerprint density at radius 2 is 1.95 bits per heavy atom. The second-order valence-electron chi connectivity index (χ2n) is 6.45. The zero-order chi connectivity index (χ0) is 15.4. The first kappa shape index (κ1) is 15.3. The van der Waals surface area contributed by atoms with E-state index in [1.807, 2.05) is 0 Å². The Bertz CT molecular complexity index is 514. The van der Waals surface area contributed by atoms with Gasteiger partial charge in [0.05, 0.1) is 11.6 Å². The lowest BCUT2D eigenvalue weighted by Crippen LogP contribution is -2.52. The lowest BCUT2D eigenvalue weighted by atomic mass is 9.86. The van der Waals surface area contributed by atoms with Crippen LogP contribution in [-0.2, 0) is 0 Å². The minimum absolute atomic E-state index is 0.288. The summed E-state index contributed by atoms with van der Waals surface area (Å²) in [4.78, 5) is 2.37. The van der Waals surface area contributed by atoms with E-state index in [0.717, 1.165) is 38.0 Å². The minimum atomic E-state index is -0.484. The number of likely N-dealkylation sites (tertiary alicyclic amines) is 1. The van der Waals surface area contributed by atoms with Crippen LogP contribution in [0.25, 0.3) is 0 Å². The normalized spacial score (nSPS) is 26.2. The highest BCUT2D eigenvalue weighted by Crippen LogP contribution is 2.24. The molecule has 2 saturated heterocycles. The van der Waals surface area contributed by atoms with E-state index in [-0.39, 0.29) is 6.61 Å². The van der Waals surface area contributed by atoms with Crippen LogP contribution in [0.5, 0.6) is 5.75 Å². The van der Waals surface area contributed by atoms with Crippen molar-refractivity contribution in [2.75, 3.05) is 39.3 Å². The van der Waals surface area contributed by atoms with Gasteiger partial charge in [0.1, 0.15) is 18.5 Å². The van der Waals surface area contributed by atoms with E-state index in [1.165, 1.54) is 6.42 Å². The molecule has 2 bridgehead atoms. The molecule has 5 nitrogen and oxygen atoms in total. The molecule has 3 rings (SSSR count). The molecule has 5 heteroatoms. The summed E-state index contributed by atoms with van der Waals surface area (Å²) in [6.07, 6.45) is 0.837. The van der Waals surface area contributed by atoms with Gasteiger partial charge in [-0.3, -0.25) is 4.90 Å². The van der Waals surface area contributed by atoms with Crippen molar-refractivity contribution in [2.45, 2.75) is 12.5 Å². The first-order valence-electron chi connectivity index (χ1n) is 7.97. The van der Waals surface area contributed by atoms with Crippen LogP contribution in [0.2, 0.25) is 0 Å². The summed E-state index contributed by atoms with van der Waals surface area (Å²) in [5.74, 6) is 2.14. The summed E-state index contributed by atoms with van der Waals surface area (Å²) in [5, 5.41) is 22.4. The van der Waals surface area contributed by atoms with E-state index < -0.39 is 6.10 Å². The van der Waals surface area contributed by atoms with E-state index >= 15 is 0 Å². The lowest BCUT2D eigenvalue weighted by molar-refractivity contribution is 0.0296. The average Bonchev–Trinajstić information content (AvgIpc) is 2.53. The maximum absolute atomic E-state index is 10.2. The third-order valence-electron chi connectivity index (χ3n) is 4.46. The molecule has 2 fully saturated rings. The van der Waals surface area contributed by atoms with Crippen molar-refractivity contribution in [3.63, 3.8) is 0 Å². The van der Waals surface area contributed by atoms with Crippen molar-refractivity contribution in [1.82, 2.24) is 10.2 Å². The van der Waals surface area contributed by atoms with Crippen molar-refractivity contribution in [3.8, 4) is 11.8 Å². The molecular weight excluding hydrogens is 278 g/mol. The molecule has 2 unspecified atom stereocenters. The number of nitriles is 1. The number of benzene rings is 1. The van der Waals surface area contributed by atoms with Crippen LogP contribution < -0.4 is 10.1 Å². The molecule has 0 spiro atoms. The van der Waals surface area contributed by atoms with Crippen molar-refractivity contribution >= 4 is 0 Å². The molecule has 1 aromatic carbocycles. The molecule has 2 heterocycles. The van der Waals surface area contributed by atoms with Gasteiger partial charge in [0.15, 0.2) is 0 Å². The Hall–Kier alpha value is -1.61. The van der Waals surface area contributed by atoms with Crippen LogP contribution >= 0.6 is 0 Å². The highest BCUT2D eigenvalue weighted by molar-refractivity contribution is 5.34. The average molecular weight is 301 g/mol. The van der Waals surface area contributed by atoms with Crippen molar-refractivity contribution in [2.24, 2.45) is 11.8 Å². The largest absolute Gasteiger partial charge is 0.491 e. The number of β-amino-alcohol motifs (C(OH)–C–C–N with tert-alkyl or cyclic N) is 1. The highest BCUT2D eigenvalue weighted by atomic mass is 16.5. The third kappa shape index (κ3) is 3.98. The fraction of sp³-hybridized carbons (Fsp3) is 0.588. The molecule has 2 aliphatic rings. The molecule has 2 N–H and O–H groups in total. The van der Waals surface area contributed by atoms with Gasteiger partial charge in [-0.25, -0.2) is 0 Å². The standard InChI is InChI=1S/C17H23N3O2/c18-6-13-1-3-17(4-2-13)22-12-16(21)11-20-9-14-5-15(10-20)8-19-7-14/h1-4,14-16,19,21H,5,7-12H2/t14?,15?,16-/m1/s1. The summed E-state index contributed by atoms with van der Waals surface area (Å²) in [6, 6.07) is 9.05. The fourth-order valence-corrected chi connectivity index (χ4v) is 3.53. The molecule has 3 atom stereocenters. The van der Waals surface area contributed by atoms with E-state index in [9.17, 15) is 5.11 Å². The monoisotopic (exact) mass is 301 g/mol. The maximum atomic E-state index is 10.2. The van der Waals surface area contributed by atoms with Crippen LogP contribution in [0.4, 0.5) is 0 Å². The summed E-state index contributed by atoms with van der Waals surface area (Å²) in [5.41, 5.74) is 0.612. The van der Waals surface area contributed by atoms with Crippen molar-refractivity contribution in [3.05, 3.63) is 29.8 Å². The van der Waals surface area contributed by atoms with E-state index in [1.54, 1.807) is 24.3 Å². The second kappa shape index (κ2) is 7.10. The molecule has 2 aliphatic heterocycles. The van der Waals surface area contributed by atoms with Crippen LogP contribution in [0, 0.1) is 23.2 Å². The van der Waals surface area contributed by atoms with Crippen LogP contribution in [-0.4, -0.2) is 55.4 Å². The number of aliphatic hydroxyl groups excluding tert-OH is 1. The molecule has 0 radical (unpaired) electrons. The van der Waals surface area contributed by atoms with Crippen molar-refractivity contribution in [1.29, 1.82) is 5.26 Å². The number of hydrogen-bond donors (Lipinski definition) is 2. The summed E-state index contributed by atoms with van der Waals surface area (Å²) >= 11 is 0. The second-order valence-corrected chi connectivity index (χ2v) is 6.45. The highest BCUT2D eigenvalue weighted by Gasteiger charge is 2.30. The number of fused-ring (bicyclic) bond motifs is 2. The zero-order valence-electron chi connectivity index (χ0n) is 12.7. The van der Waals surface area contributed by atoms with Gasteiger partial charge in [0.2, 0.25) is 0 Å². The minimum Gasteiger partial charge on any atom is -0.491 e. The molecule has 22 heavy (non-hydrogen) atoms. The van der Waals surface area contributed by atoms with Crippen LogP contribution in [0.3, 0.4) is 0 Å². The van der Waals surface area contributed by atoms with E-state index in [4.69, 9.17) is 10.00 Å². The molecule has 0 aromatic heterocycles. The van der Waals surface area contributed by atoms with Gasteiger partial charge in [0.25, 0.3) is 0 Å². The topological polar surface area (TPSA) is 68.5 Å². The Kier molecular flexibility index (Phi) is 4.94. The van der Waals surface area contributed by atoms with E-state index in [2.05, 4.69) is 16.3 Å². The van der Waals surface area contributed by atoms with Crippen molar-refractivity contribution < 1.29 is 9.84 Å². The Balaban J connectivity index is 1.44. The smallest absolute Gasteiger partial charge is 0.119 e. The van der Waals surface area contributed by atoms with Gasteiger partial charge in [-0.2, -0.15) is 5.26 Å². The SMILES string of the molecule is N#Cc1ccc(OC[C@H](O)CN2CC3CNCC(C3)C2)cc1. The quantitative estimate of drug-likeness (QED) is 0.843. The predicted octanol–water partition coefficient (Wildman–Crippen LogP) is 0.839. The number of aliphatic hydroxyl groups is 1. The molecule has 0 saturated carbocycles. The van der Waals surface area contributed by atoms with Gasteiger partial charge < -0.3 is 15.2 Å². The third-order valence-corrected chi connectivity index (χ3v) is 4.46. The molecule has 1 aromatic rings. The van der Waals surface area contributed by atoms with Gasteiger partial charge in [-0.15, -0.1) is 0 Å². The van der Waals surface area contributed by atoms with Gasteiger partial charge in [-0.1, -0.05) is 0 Å². The molecular formula is C17H23N3O2. The van der Waals surface area contributed by atoms with Gasteiger partial charge >= 0.3 is 0 Å². The maximum Gasteiger partial charge on any atom is 0.119 e. The number of nitrogens with zero attached hydrogens (tertiary/aromatic N) is 2. The summed E-state index contributed by atoms with van der Waals surface area (Å²) < 4.78 is 5.60. The van der Waals surface area contributed by atoms with Crippen LogP contribution in [0.1, 0.15) is 12.0 Å². The lowest BCUT2D eigenvalue weighted by Gasteiger charge is -2.42. The predicted molar refractivity (Wildman–Crippen MR) is 83.6 cm³/mol. The number of piperidine rings is 2. The van der Waals surface area contributed by atoms with E-state index in [0.29, 0.717) is 17.9 Å². The number of ether oxygens (including phenoxy) is 1. The van der Waals surface area contributed by atoms with Crippen LogP contribution in [0.15, 0.2) is 24.3 Å². The molecule has 0 amide bonds. The Morgan fingerprint density at radius 3 is 2.59 bits per heavy atom. The molecule has 118 valence electrons. The van der Waals surface area contributed by atoms with Gasteiger partial charge in [0, 0.05) is 19.6 Å². The fourth-order valence-electron chi connectivity index (χ4n) is 3.53. The zero-order valence-corrected chi connectivity index (χ0v) is 12.7. The Morgan fingerprint density at radius 1 is 1.27 bits per heavy atom. The number of rotatable bonds is 5. The first-order chi connectivity index (χ1) is 10.7. The molecule has 0 aliphatic carbocycles. The summed E-state index contributed by atoms with van der Waals surface area (Å²) in [6.45, 7) is 5.30. The Labute approximate surface area is 131 Å². The summed E-state index contributed by atoms with van der Waals surface area (Å²) in [7, 11) is 0. The first-order valence-corrected chi connectivity index (χ1v) is 7.97.